The molecule has 0 aliphatic rings. The standard InChI is InChI=1S/C54H99O9P/c1-3-5-7-9-11-13-15-17-19-21-23-24-25-26-27-29-31-33-35-37-39-41-43-45-47-60-50-53(51-62-64(58,59)61-49-52(56)48-55)63-54(57)46-44-42-40-38-36-34-32-30-28-22-20-18-16-14-12-10-8-6-4-2/h6,8,12,14,18,20-21,23,28,30,52-53,55-56H,3-5,7,9-11,13,15-17,19,22,24-27,29,31-51H2,1-2H3,(H,58,59)/b8-6-,14-12-,20-18-,23-21-,30-28-. The van der Waals surface area contributed by atoms with Gasteiger partial charge in [-0.1, -0.05) is 209 Å². The highest BCUT2D eigenvalue weighted by Gasteiger charge is 2.26. The number of aliphatic hydroxyl groups is 2. The summed E-state index contributed by atoms with van der Waals surface area (Å²) in [5, 5.41) is 18.4. The van der Waals surface area contributed by atoms with Gasteiger partial charge in [0.05, 0.1) is 26.4 Å². The smallest absolute Gasteiger partial charge is 0.457 e. The molecular formula is C54H99O9P. The predicted octanol–water partition coefficient (Wildman–Crippen LogP) is 15.5. The summed E-state index contributed by atoms with van der Waals surface area (Å²) in [5.74, 6) is -0.395. The zero-order valence-electron chi connectivity index (χ0n) is 41.2. The highest BCUT2D eigenvalue weighted by molar-refractivity contribution is 7.47. The van der Waals surface area contributed by atoms with Gasteiger partial charge in [0.15, 0.2) is 0 Å². The minimum atomic E-state index is -4.53. The van der Waals surface area contributed by atoms with Crippen LogP contribution in [0, 0.1) is 0 Å². The number of carbonyl (C=O) groups excluding carboxylic acids is 1. The van der Waals surface area contributed by atoms with Crippen molar-refractivity contribution in [2.24, 2.45) is 0 Å². The van der Waals surface area contributed by atoms with E-state index in [1.54, 1.807) is 0 Å². The molecule has 64 heavy (non-hydrogen) atoms. The number of unbranched alkanes of at least 4 members (excludes halogenated alkanes) is 26. The van der Waals surface area contributed by atoms with Crippen LogP contribution in [0.3, 0.4) is 0 Å². The summed E-state index contributed by atoms with van der Waals surface area (Å²) >= 11 is 0. The van der Waals surface area contributed by atoms with E-state index in [4.69, 9.17) is 23.6 Å². The molecular weight excluding hydrogens is 824 g/mol. The van der Waals surface area contributed by atoms with Crippen LogP contribution in [0.2, 0.25) is 0 Å². The summed E-state index contributed by atoms with van der Waals surface area (Å²) in [7, 11) is -4.53. The largest absolute Gasteiger partial charge is 0.472 e. The number of ether oxygens (including phenoxy) is 2. The Balaban J connectivity index is 4.06. The van der Waals surface area contributed by atoms with Crippen molar-refractivity contribution in [1.82, 2.24) is 0 Å². The SMILES string of the molecule is CC/C=C\C/C=C\C/C=C\C/C=C\CCCCCCCCC(=O)OC(COCCCCCCCCCCCCCC/C=C\CCCCCCCCCC)COP(=O)(O)OCC(O)CO. The first-order chi connectivity index (χ1) is 31.3. The van der Waals surface area contributed by atoms with Crippen molar-refractivity contribution in [2.75, 3.05) is 33.0 Å². The minimum Gasteiger partial charge on any atom is -0.457 e. The molecule has 0 bridgehead atoms. The van der Waals surface area contributed by atoms with E-state index in [0.29, 0.717) is 13.0 Å². The van der Waals surface area contributed by atoms with Crippen LogP contribution in [0.4, 0.5) is 0 Å². The van der Waals surface area contributed by atoms with Crippen molar-refractivity contribution in [1.29, 1.82) is 0 Å². The maximum atomic E-state index is 12.7. The quantitative estimate of drug-likeness (QED) is 0.0236. The molecule has 3 unspecified atom stereocenters. The summed E-state index contributed by atoms with van der Waals surface area (Å²) in [6.07, 6.45) is 60.5. The number of esters is 1. The Bertz CT molecular complexity index is 1180. The van der Waals surface area contributed by atoms with Crippen molar-refractivity contribution < 1.29 is 43.0 Å². The molecule has 0 aromatic rings. The molecule has 0 saturated heterocycles. The third-order valence-corrected chi connectivity index (χ3v) is 12.1. The summed E-state index contributed by atoms with van der Waals surface area (Å²) in [6, 6.07) is 0. The molecule has 0 amide bonds. The second kappa shape index (κ2) is 50.6. The van der Waals surface area contributed by atoms with Gasteiger partial charge in [0, 0.05) is 13.0 Å². The lowest BCUT2D eigenvalue weighted by molar-refractivity contribution is -0.154. The van der Waals surface area contributed by atoms with Gasteiger partial charge < -0.3 is 24.6 Å². The van der Waals surface area contributed by atoms with Crippen LogP contribution in [-0.2, 0) is 27.9 Å². The Morgan fingerprint density at radius 1 is 0.500 bits per heavy atom. The van der Waals surface area contributed by atoms with Crippen LogP contribution in [0.5, 0.6) is 0 Å². The zero-order chi connectivity index (χ0) is 46.7. The first kappa shape index (κ1) is 62.2. The van der Waals surface area contributed by atoms with Gasteiger partial charge in [0.25, 0.3) is 0 Å². The van der Waals surface area contributed by atoms with Crippen LogP contribution < -0.4 is 0 Å². The number of aliphatic hydroxyl groups excluding tert-OH is 2. The van der Waals surface area contributed by atoms with E-state index in [-0.39, 0.29) is 19.6 Å². The fourth-order valence-electron chi connectivity index (χ4n) is 7.23. The number of hydrogen-bond acceptors (Lipinski definition) is 8. The molecule has 0 fully saturated rings. The zero-order valence-corrected chi connectivity index (χ0v) is 42.1. The Kier molecular flexibility index (Phi) is 49.1. The predicted molar refractivity (Wildman–Crippen MR) is 270 cm³/mol. The molecule has 0 aromatic carbocycles. The van der Waals surface area contributed by atoms with E-state index in [1.807, 2.05) is 0 Å². The number of rotatable bonds is 50. The fraction of sp³-hybridized carbons (Fsp3) is 0.796. The van der Waals surface area contributed by atoms with E-state index in [1.165, 1.54) is 122 Å². The first-order valence-corrected chi connectivity index (χ1v) is 27.8. The molecule has 10 heteroatoms. The monoisotopic (exact) mass is 923 g/mol. The molecule has 374 valence electrons. The molecule has 0 spiro atoms. The summed E-state index contributed by atoms with van der Waals surface area (Å²) in [5.41, 5.74) is 0. The van der Waals surface area contributed by atoms with Crippen LogP contribution in [-0.4, -0.2) is 66.3 Å². The highest BCUT2D eigenvalue weighted by atomic mass is 31.2. The molecule has 0 aromatic heterocycles. The number of hydrogen-bond donors (Lipinski definition) is 3. The van der Waals surface area contributed by atoms with Gasteiger partial charge in [-0.25, -0.2) is 4.57 Å². The Morgan fingerprint density at radius 2 is 0.891 bits per heavy atom. The molecule has 9 nitrogen and oxygen atoms in total. The lowest BCUT2D eigenvalue weighted by atomic mass is 10.0. The van der Waals surface area contributed by atoms with Gasteiger partial charge in [-0.2, -0.15) is 0 Å². The third-order valence-electron chi connectivity index (χ3n) is 11.2. The fourth-order valence-corrected chi connectivity index (χ4v) is 8.01. The van der Waals surface area contributed by atoms with E-state index in [2.05, 4.69) is 74.6 Å². The third kappa shape index (κ3) is 49.6. The summed E-state index contributed by atoms with van der Waals surface area (Å²) < 4.78 is 33.5. The minimum absolute atomic E-state index is 0.0420. The Morgan fingerprint density at radius 3 is 1.36 bits per heavy atom. The van der Waals surface area contributed by atoms with Gasteiger partial charge in [0.2, 0.25) is 0 Å². The van der Waals surface area contributed by atoms with Crippen molar-refractivity contribution in [3.8, 4) is 0 Å². The average molecular weight is 923 g/mol. The second-order valence-electron chi connectivity index (χ2n) is 17.5. The molecule has 0 aliphatic carbocycles. The summed E-state index contributed by atoms with van der Waals surface area (Å²) in [6.45, 7) is 3.41. The molecule has 3 N–H and O–H groups in total. The van der Waals surface area contributed by atoms with Crippen molar-refractivity contribution in [2.45, 2.75) is 244 Å². The second-order valence-corrected chi connectivity index (χ2v) is 19.0. The van der Waals surface area contributed by atoms with E-state index < -0.39 is 39.2 Å². The van der Waals surface area contributed by atoms with Gasteiger partial charge in [-0.3, -0.25) is 13.8 Å². The topological polar surface area (TPSA) is 132 Å². The van der Waals surface area contributed by atoms with Crippen molar-refractivity contribution >= 4 is 13.8 Å². The molecule has 0 radical (unpaired) electrons. The van der Waals surface area contributed by atoms with Gasteiger partial charge >= 0.3 is 13.8 Å². The molecule has 0 aliphatic heterocycles. The Hall–Kier alpha value is -1.84. The molecule has 0 heterocycles. The van der Waals surface area contributed by atoms with Crippen LogP contribution in [0.25, 0.3) is 0 Å². The van der Waals surface area contributed by atoms with Crippen LogP contribution in [0.15, 0.2) is 60.8 Å². The molecule has 3 atom stereocenters. The van der Waals surface area contributed by atoms with E-state index in [9.17, 15) is 19.4 Å². The highest BCUT2D eigenvalue weighted by Crippen LogP contribution is 2.43. The van der Waals surface area contributed by atoms with Crippen LogP contribution >= 0.6 is 7.82 Å². The van der Waals surface area contributed by atoms with Gasteiger partial charge in [-0.05, 0) is 77.0 Å². The Labute approximate surface area is 393 Å². The van der Waals surface area contributed by atoms with Gasteiger partial charge in [0.1, 0.15) is 12.2 Å². The number of phosphoric acid groups is 1. The first-order valence-electron chi connectivity index (χ1n) is 26.3. The lowest BCUT2D eigenvalue weighted by Gasteiger charge is -2.20. The number of phosphoric ester groups is 1. The maximum Gasteiger partial charge on any atom is 0.472 e. The summed E-state index contributed by atoms with van der Waals surface area (Å²) in [4.78, 5) is 22.7. The maximum absolute atomic E-state index is 12.7. The van der Waals surface area contributed by atoms with E-state index >= 15 is 0 Å². The van der Waals surface area contributed by atoms with Crippen LogP contribution in [0.1, 0.15) is 232 Å². The normalized spacial score (nSPS) is 14.3. The lowest BCUT2D eigenvalue weighted by Crippen LogP contribution is -2.29. The van der Waals surface area contributed by atoms with E-state index in [0.717, 1.165) is 83.5 Å². The average Bonchev–Trinajstić information content (AvgIpc) is 3.29. The van der Waals surface area contributed by atoms with Crippen molar-refractivity contribution in [3.63, 3.8) is 0 Å². The van der Waals surface area contributed by atoms with Crippen molar-refractivity contribution in [3.05, 3.63) is 60.8 Å². The molecule has 0 saturated carbocycles. The number of allylic oxidation sites excluding steroid dienone is 10. The number of carbonyl (C=O) groups is 1. The van der Waals surface area contributed by atoms with Gasteiger partial charge in [-0.15, -0.1) is 0 Å². The molecule has 0 rings (SSSR count).